The van der Waals surface area contributed by atoms with Crippen LogP contribution in [0.2, 0.25) is 0 Å². The van der Waals surface area contributed by atoms with Gasteiger partial charge in [0.25, 0.3) is 0 Å². The molecule has 3 heteroatoms. The molecule has 3 nitrogen and oxygen atoms in total. The molecule has 1 fully saturated rings. The van der Waals surface area contributed by atoms with E-state index in [2.05, 4.69) is 4.90 Å². The van der Waals surface area contributed by atoms with Crippen LogP contribution in [0.4, 0.5) is 5.69 Å². The van der Waals surface area contributed by atoms with Crippen LogP contribution < -0.4 is 4.90 Å². The molecule has 1 aliphatic carbocycles. The Balaban J connectivity index is 2.16. The lowest BCUT2D eigenvalue weighted by molar-refractivity contribution is 0.0557. The largest absolute Gasteiger partial charge is 0.388 e. The smallest absolute Gasteiger partial charge is 0.0821 e. The molecule has 0 bridgehead atoms. The van der Waals surface area contributed by atoms with Crippen molar-refractivity contribution < 1.29 is 10.2 Å². The van der Waals surface area contributed by atoms with Crippen molar-refractivity contribution in [2.45, 2.75) is 50.7 Å². The second-order valence-electron chi connectivity index (χ2n) is 5.77. The van der Waals surface area contributed by atoms with E-state index < -0.39 is 11.7 Å². The molecule has 106 valence electrons. The molecule has 1 aromatic carbocycles. The van der Waals surface area contributed by atoms with E-state index in [0.717, 1.165) is 36.9 Å². The van der Waals surface area contributed by atoms with Gasteiger partial charge in [-0.15, -0.1) is 0 Å². The van der Waals surface area contributed by atoms with E-state index in [-0.39, 0.29) is 0 Å². The van der Waals surface area contributed by atoms with E-state index in [1.54, 1.807) is 0 Å². The first-order valence-electron chi connectivity index (χ1n) is 7.26. The molecule has 2 N–H and O–H groups in total. The summed E-state index contributed by atoms with van der Waals surface area (Å²) in [5.41, 5.74) is 1.42. The van der Waals surface area contributed by atoms with E-state index in [1.165, 1.54) is 0 Å². The highest BCUT2D eigenvalue weighted by Crippen LogP contribution is 2.33. The highest BCUT2D eigenvalue weighted by molar-refractivity contribution is 5.54. The van der Waals surface area contributed by atoms with Crippen molar-refractivity contribution in [3.63, 3.8) is 0 Å². The van der Waals surface area contributed by atoms with Crippen LogP contribution in [0.15, 0.2) is 24.3 Å². The molecule has 0 aromatic heterocycles. The predicted molar refractivity (Wildman–Crippen MR) is 78.4 cm³/mol. The van der Waals surface area contributed by atoms with Gasteiger partial charge in [0.05, 0.1) is 11.7 Å². The number of aliphatic hydroxyl groups excluding tert-OH is 1. The average molecular weight is 263 g/mol. The summed E-state index contributed by atoms with van der Waals surface area (Å²) in [4.78, 5) is 2.08. The van der Waals surface area contributed by atoms with Gasteiger partial charge in [0.15, 0.2) is 0 Å². The highest BCUT2D eigenvalue weighted by atomic mass is 16.3. The molecular weight excluding hydrogens is 238 g/mol. The standard InChI is InChI=1S/C16H25NO2/c1-3-15(18)13-8-4-5-9-14(13)17(2)12-16(19)10-6-7-11-16/h4-5,8-9,15,18-19H,3,6-7,10-12H2,1-2H3. The minimum atomic E-state index is -0.557. The number of para-hydroxylation sites is 1. The van der Waals surface area contributed by atoms with Crippen LogP contribution in [0.3, 0.4) is 0 Å². The number of likely N-dealkylation sites (N-methyl/N-ethyl adjacent to an activating group) is 1. The number of rotatable bonds is 5. The molecule has 1 atom stereocenters. The molecule has 0 aliphatic heterocycles. The van der Waals surface area contributed by atoms with E-state index in [0.29, 0.717) is 13.0 Å². The van der Waals surface area contributed by atoms with Gasteiger partial charge >= 0.3 is 0 Å². The van der Waals surface area contributed by atoms with E-state index >= 15 is 0 Å². The summed E-state index contributed by atoms with van der Waals surface area (Å²) in [6.45, 7) is 2.62. The molecular formula is C16H25NO2. The first-order chi connectivity index (χ1) is 9.06. The van der Waals surface area contributed by atoms with Crippen molar-refractivity contribution in [2.75, 3.05) is 18.5 Å². The second-order valence-corrected chi connectivity index (χ2v) is 5.77. The van der Waals surface area contributed by atoms with Crippen LogP contribution in [-0.4, -0.2) is 29.4 Å². The summed E-state index contributed by atoms with van der Waals surface area (Å²) < 4.78 is 0. The molecule has 1 saturated carbocycles. The molecule has 0 radical (unpaired) electrons. The number of aliphatic hydroxyl groups is 2. The van der Waals surface area contributed by atoms with E-state index in [4.69, 9.17) is 0 Å². The predicted octanol–water partition coefficient (Wildman–Crippen LogP) is 2.87. The SMILES string of the molecule is CCC(O)c1ccccc1N(C)CC1(O)CCCC1. The van der Waals surface area contributed by atoms with Crippen molar-refractivity contribution in [1.29, 1.82) is 0 Å². The lowest BCUT2D eigenvalue weighted by Gasteiger charge is -2.32. The molecule has 2 rings (SSSR count). The fourth-order valence-electron chi connectivity index (χ4n) is 3.05. The third kappa shape index (κ3) is 3.28. The normalized spacial score (nSPS) is 19.4. The Morgan fingerprint density at radius 3 is 2.53 bits per heavy atom. The van der Waals surface area contributed by atoms with Crippen molar-refractivity contribution in [2.24, 2.45) is 0 Å². The van der Waals surface area contributed by atoms with Crippen molar-refractivity contribution >= 4 is 5.69 Å². The first kappa shape index (κ1) is 14.4. The monoisotopic (exact) mass is 263 g/mol. The Hall–Kier alpha value is -1.06. The number of anilines is 1. The fraction of sp³-hybridized carbons (Fsp3) is 0.625. The lowest BCUT2D eigenvalue weighted by Crippen LogP contribution is -2.39. The number of nitrogens with zero attached hydrogens (tertiary/aromatic N) is 1. The van der Waals surface area contributed by atoms with Crippen LogP contribution in [0.5, 0.6) is 0 Å². The molecule has 0 heterocycles. The van der Waals surface area contributed by atoms with Gasteiger partial charge in [0.2, 0.25) is 0 Å². The zero-order valence-corrected chi connectivity index (χ0v) is 12.0. The van der Waals surface area contributed by atoms with Gasteiger partial charge in [-0.1, -0.05) is 38.0 Å². The molecule has 0 amide bonds. The number of benzene rings is 1. The van der Waals surface area contributed by atoms with Crippen molar-refractivity contribution in [1.82, 2.24) is 0 Å². The van der Waals surface area contributed by atoms with Gasteiger partial charge in [0, 0.05) is 24.8 Å². The average Bonchev–Trinajstić information content (AvgIpc) is 2.84. The Bertz CT molecular complexity index is 413. The van der Waals surface area contributed by atoms with Crippen molar-refractivity contribution in [3.05, 3.63) is 29.8 Å². The summed E-state index contributed by atoms with van der Waals surface area (Å²) in [6.07, 6.45) is 4.27. The third-order valence-electron chi connectivity index (χ3n) is 4.16. The summed E-state index contributed by atoms with van der Waals surface area (Å²) in [5, 5.41) is 20.6. The van der Waals surface area contributed by atoms with Gasteiger partial charge in [-0.3, -0.25) is 0 Å². The topological polar surface area (TPSA) is 43.7 Å². The Kier molecular flexibility index (Phi) is 4.48. The summed E-state index contributed by atoms with van der Waals surface area (Å²) in [5.74, 6) is 0. The molecule has 1 unspecified atom stereocenters. The Labute approximate surface area is 115 Å². The van der Waals surface area contributed by atoms with Gasteiger partial charge in [0.1, 0.15) is 0 Å². The molecule has 1 aromatic rings. The second kappa shape index (κ2) is 5.93. The number of hydrogen-bond donors (Lipinski definition) is 2. The minimum absolute atomic E-state index is 0.433. The van der Waals surface area contributed by atoms with Crippen LogP contribution in [0, 0.1) is 0 Å². The summed E-state index contributed by atoms with van der Waals surface area (Å²) in [6, 6.07) is 7.93. The van der Waals surface area contributed by atoms with Crippen LogP contribution in [0.1, 0.15) is 50.7 Å². The van der Waals surface area contributed by atoms with Gasteiger partial charge in [-0.25, -0.2) is 0 Å². The third-order valence-corrected chi connectivity index (χ3v) is 4.16. The first-order valence-corrected chi connectivity index (χ1v) is 7.26. The van der Waals surface area contributed by atoms with Crippen LogP contribution in [0.25, 0.3) is 0 Å². The molecule has 19 heavy (non-hydrogen) atoms. The van der Waals surface area contributed by atoms with Crippen molar-refractivity contribution in [3.8, 4) is 0 Å². The van der Waals surface area contributed by atoms with Gasteiger partial charge in [-0.2, -0.15) is 0 Å². The Morgan fingerprint density at radius 1 is 1.26 bits per heavy atom. The zero-order valence-electron chi connectivity index (χ0n) is 12.0. The van der Waals surface area contributed by atoms with E-state index in [9.17, 15) is 10.2 Å². The summed E-state index contributed by atoms with van der Waals surface area (Å²) >= 11 is 0. The molecule has 1 aliphatic rings. The minimum Gasteiger partial charge on any atom is -0.388 e. The van der Waals surface area contributed by atoms with Crippen LogP contribution in [-0.2, 0) is 0 Å². The molecule has 0 saturated heterocycles. The maximum Gasteiger partial charge on any atom is 0.0821 e. The van der Waals surface area contributed by atoms with Crippen LogP contribution >= 0.6 is 0 Å². The Morgan fingerprint density at radius 2 is 1.89 bits per heavy atom. The summed E-state index contributed by atoms with van der Waals surface area (Å²) in [7, 11) is 2.00. The van der Waals surface area contributed by atoms with Gasteiger partial charge in [-0.05, 0) is 25.3 Å². The maximum atomic E-state index is 10.5. The highest BCUT2D eigenvalue weighted by Gasteiger charge is 2.32. The lowest BCUT2D eigenvalue weighted by atomic mass is 10.00. The quantitative estimate of drug-likeness (QED) is 0.858. The fourth-order valence-corrected chi connectivity index (χ4v) is 3.05. The maximum absolute atomic E-state index is 10.5. The van der Waals surface area contributed by atoms with Gasteiger partial charge < -0.3 is 15.1 Å². The number of hydrogen-bond acceptors (Lipinski definition) is 3. The van der Waals surface area contributed by atoms with E-state index in [1.807, 2.05) is 38.2 Å². The zero-order chi connectivity index (χ0) is 13.9. The molecule has 0 spiro atoms.